The van der Waals surface area contributed by atoms with Gasteiger partial charge in [-0.05, 0) is 32.7 Å². The molecule has 0 bridgehead atoms. The summed E-state index contributed by atoms with van der Waals surface area (Å²) in [5, 5.41) is 0. The first-order valence-electron chi connectivity index (χ1n) is 4.44. The van der Waals surface area contributed by atoms with Crippen molar-refractivity contribution < 1.29 is 85.1 Å². The zero-order chi connectivity index (χ0) is 13.8. The fraction of sp³-hybridized carbons (Fsp3) is 0.250. The molecule has 0 heterocycles. The Hall–Kier alpha value is 1.74. The molecule has 0 aliphatic rings. The van der Waals surface area contributed by atoms with E-state index in [9.17, 15) is 25.9 Å². The fourth-order valence-electron chi connectivity index (χ4n) is 1.01. The number of benzene rings is 1. The molecule has 20 heavy (non-hydrogen) atoms. The minimum atomic E-state index is -4.32. The van der Waals surface area contributed by atoms with Crippen molar-refractivity contribution in [3.63, 3.8) is 0 Å². The molecule has 1 aromatic carbocycles. The van der Waals surface area contributed by atoms with Crippen molar-refractivity contribution >= 4 is 39.9 Å². The van der Waals surface area contributed by atoms with E-state index in [4.69, 9.17) is 0 Å². The molecule has 0 fully saturated rings. The largest absolute Gasteiger partial charge is 1.00 e. The van der Waals surface area contributed by atoms with Gasteiger partial charge in [0.15, 0.2) is 0 Å². The van der Waals surface area contributed by atoms with Crippen LogP contribution in [0.4, 0.5) is 0 Å². The summed E-state index contributed by atoms with van der Waals surface area (Å²) in [6, 6.07) is 6.30. The van der Waals surface area contributed by atoms with Crippen LogP contribution in [0.25, 0.3) is 0 Å². The van der Waals surface area contributed by atoms with Crippen LogP contribution in [-0.4, -0.2) is 25.9 Å². The van der Waals surface area contributed by atoms with Crippen molar-refractivity contribution in [2.24, 2.45) is 0 Å². The maximum atomic E-state index is 10.4. The van der Waals surface area contributed by atoms with E-state index >= 15 is 0 Å². The van der Waals surface area contributed by atoms with E-state index in [0.717, 1.165) is 0 Å². The monoisotopic (exact) mass is 374 g/mol. The molecule has 6 nitrogen and oxygen atoms in total. The molecule has 1 rings (SSSR count). The van der Waals surface area contributed by atoms with E-state index in [-0.39, 0.29) is 92.2 Å². The van der Waals surface area contributed by atoms with E-state index < -0.39 is 18.3 Å². The predicted octanol–water partition coefficient (Wildman–Crippen LogP) is -4.92. The smallest absolute Gasteiger partial charge is 0.739 e. The van der Waals surface area contributed by atoms with Crippen LogP contribution in [-0.2, 0) is 29.8 Å². The van der Waals surface area contributed by atoms with E-state index in [1.54, 1.807) is 24.3 Å². The second kappa shape index (κ2) is 10.5. The molecule has 0 radical (unpaired) electrons. The van der Waals surface area contributed by atoms with Crippen molar-refractivity contribution in [1.29, 1.82) is 0 Å². The minimum Gasteiger partial charge on any atom is -0.739 e. The number of hydrogen-bond acceptors (Lipinski definition) is 8. The number of hydrogen-bond donors (Lipinski definition) is 0. The summed E-state index contributed by atoms with van der Waals surface area (Å²) >= 11 is 0. The molecule has 0 aromatic heterocycles. The molecule has 0 saturated carbocycles. The normalized spacial score (nSPS) is 11.3. The Morgan fingerprint density at radius 1 is 0.750 bits per heavy atom. The Kier molecular flexibility index (Phi) is 12.6. The average molecular weight is 374 g/mol. The van der Waals surface area contributed by atoms with Crippen LogP contribution in [0.2, 0.25) is 0 Å². The summed E-state index contributed by atoms with van der Waals surface area (Å²) in [4.78, 5) is 0. The second-order valence-corrected chi connectivity index (χ2v) is 9.70. The molecular weight excluding hydrogens is 366 g/mol. The third-order valence-corrected chi connectivity index (χ3v) is 5.68. The summed E-state index contributed by atoms with van der Waals surface area (Å²) in [5.74, 6) is 0.0538. The van der Waals surface area contributed by atoms with Gasteiger partial charge in [0.2, 0.25) is 0 Å². The molecule has 0 unspecified atom stereocenters. The predicted molar refractivity (Wildman–Crippen MR) is 68.4 cm³/mol. The van der Waals surface area contributed by atoms with Gasteiger partial charge in [0.25, 0.3) is 0 Å². The molecule has 0 aliphatic heterocycles. The molecule has 102 valence electrons. The van der Waals surface area contributed by atoms with Gasteiger partial charge in [-0.15, -0.1) is 0 Å². The Labute approximate surface area is 169 Å². The Morgan fingerprint density at radius 2 is 1.00 bits per heavy atom. The summed E-state index contributed by atoms with van der Waals surface area (Å²) in [6.45, 7) is 0. The summed E-state index contributed by atoms with van der Waals surface area (Å²) in [6.07, 6.45) is 0. The van der Waals surface area contributed by atoms with Gasteiger partial charge in [-0.25, -0.2) is 16.8 Å². The first kappa shape index (κ1) is 24.0. The van der Waals surface area contributed by atoms with Gasteiger partial charge in [0, 0.05) is 11.5 Å². The second-order valence-electron chi connectivity index (χ2n) is 3.16. The van der Waals surface area contributed by atoms with Crippen molar-refractivity contribution in [3.05, 3.63) is 35.4 Å². The van der Waals surface area contributed by atoms with Crippen LogP contribution in [0, 0.1) is 0 Å². The van der Waals surface area contributed by atoms with E-state index in [1.807, 2.05) is 0 Å². The van der Waals surface area contributed by atoms with Crippen LogP contribution in [0.15, 0.2) is 24.3 Å². The molecular formula is C8H8Na2O6S4. The van der Waals surface area contributed by atoms with Crippen molar-refractivity contribution in [3.8, 4) is 0 Å². The standard InChI is InChI=1S/C8H10O6S4.2Na/c9-17(10,11)15-5-7-1-2-8(4-3-7)6-16-18(12,13)14;;/h1-4H,5-6H2,(H,9,10,11)(H,12,13,14);;/q;2*+1/p-2. The Balaban J connectivity index is 0. The van der Waals surface area contributed by atoms with Gasteiger partial charge in [-0.1, -0.05) is 24.3 Å². The van der Waals surface area contributed by atoms with Crippen molar-refractivity contribution in [1.82, 2.24) is 0 Å². The molecule has 0 spiro atoms. The molecule has 0 aliphatic carbocycles. The van der Waals surface area contributed by atoms with Crippen molar-refractivity contribution in [2.45, 2.75) is 11.5 Å². The summed E-state index contributed by atoms with van der Waals surface area (Å²) < 4.78 is 62.3. The zero-order valence-electron chi connectivity index (χ0n) is 10.8. The van der Waals surface area contributed by atoms with Gasteiger partial charge in [-0.3, -0.25) is 0 Å². The average Bonchev–Trinajstić information content (AvgIpc) is 2.23. The Bertz CT molecular complexity index is 543. The zero-order valence-corrected chi connectivity index (χ0v) is 18.1. The first-order chi connectivity index (χ1) is 8.16. The van der Waals surface area contributed by atoms with Gasteiger partial charge >= 0.3 is 59.1 Å². The first-order valence-corrected chi connectivity index (χ1v) is 10.3. The van der Waals surface area contributed by atoms with Crippen molar-refractivity contribution in [2.75, 3.05) is 0 Å². The van der Waals surface area contributed by atoms with E-state index in [2.05, 4.69) is 0 Å². The van der Waals surface area contributed by atoms with Gasteiger partial charge in [-0.2, -0.15) is 0 Å². The van der Waals surface area contributed by atoms with Crippen LogP contribution >= 0.6 is 21.6 Å². The molecule has 0 atom stereocenters. The maximum Gasteiger partial charge on any atom is 1.00 e. The molecule has 0 saturated heterocycles. The molecule has 1 aromatic rings. The minimum absolute atomic E-state index is 0. The van der Waals surface area contributed by atoms with Crippen LogP contribution in [0.3, 0.4) is 0 Å². The third-order valence-electron chi connectivity index (χ3n) is 1.76. The summed E-state index contributed by atoms with van der Waals surface area (Å²) in [5.41, 5.74) is 1.25. The van der Waals surface area contributed by atoms with Crippen LogP contribution in [0.5, 0.6) is 0 Å². The van der Waals surface area contributed by atoms with Gasteiger partial charge in [0.1, 0.15) is 18.3 Å². The molecule has 12 heteroatoms. The van der Waals surface area contributed by atoms with Gasteiger partial charge in [0.05, 0.1) is 0 Å². The third kappa shape index (κ3) is 12.3. The molecule has 0 amide bonds. The fourth-order valence-corrected chi connectivity index (χ4v) is 3.64. The maximum absolute atomic E-state index is 10.4. The van der Waals surface area contributed by atoms with Gasteiger partial charge < -0.3 is 9.11 Å². The van der Waals surface area contributed by atoms with E-state index in [1.165, 1.54) is 0 Å². The topological polar surface area (TPSA) is 114 Å². The SMILES string of the molecule is O=S(=O)([O-])SCc1ccc(CSS(=O)(=O)[O-])cc1.[Na+].[Na+]. The van der Waals surface area contributed by atoms with E-state index in [0.29, 0.717) is 11.1 Å². The van der Waals surface area contributed by atoms with Crippen LogP contribution in [0.1, 0.15) is 11.1 Å². The summed E-state index contributed by atoms with van der Waals surface area (Å²) in [7, 11) is -8.09. The number of rotatable bonds is 6. The van der Waals surface area contributed by atoms with Crippen LogP contribution < -0.4 is 59.1 Å². The quantitative estimate of drug-likeness (QED) is 0.276. The molecule has 0 N–H and O–H groups in total. The Morgan fingerprint density at radius 3 is 1.20 bits per heavy atom.